The topological polar surface area (TPSA) is 49.8 Å². The fourth-order valence-corrected chi connectivity index (χ4v) is 1.87. The number of hydrogen-bond donors (Lipinski definition) is 1. The van der Waals surface area contributed by atoms with Crippen LogP contribution in [0.5, 0.6) is 0 Å². The Kier molecular flexibility index (Phi) is 4.39. The highest BCUT2D eigenvalue weighted by molar-refractivity contribution is 5.68. The summed E-state index contributed by atoms with van der Waals surface area (Å²) in [5.41, 5.74) is 0. The van der Waals surface area contributed by atoms with Crippen LogP contribution in [-0.4, -0.2) is 41.9 Å². The molecule has 1 saturated heterocycles. The number of carbonyl (C=O) groups excluding carboxylic acids is 1. The van der Waals surface area contributed by atoms with Crippen molar-refractivity contribution in [2.75, 3.05) is 19.8 Å². The number of rotatable bonds is 3. The third-order valence-corrected chi connectivity index (χ3v) is 2.61. The van der Waals surface area contributed by atoms with Crippen LogP contribution < -0.4 is 0 Å². The van der Waals surface area contributed by atoms with Gasteiger partial charge in [0.15, 0.2) is 0 Å². The van der Waals surface area contributed by atoms with Crippen LogP contribution in [0, 0.1) is 11.8 Å². The van der Waals surface area contributed by atoms with Gasteiger partial charge in [0.05, 0.1) is 19.3 Å². The molecule has 1 rings (SSSR count). The Morgan fingerprint density at radius 3 is 2.80 bits per heavy atom. The van der Waals surface area contributed by atoms with Gasteiger partial charge in [-0.3, -0.25) is 0 Å². The van der Waals surface area contributed by atoms with Gasteiger partial charge in [-0.15, -0.1) is 0 Å². The molecule has 0 unspecified atom stereocenters. The first-order valence-corrected chi connectivity index (χ1v) is 5.58. The van der Waals surface area contributed by atoms with Gasteiger partial charge in [-0.05, 0) is 18.3 Å². The monoisotopic (exact) mass is 215 g/mol. The van der Waals surface area contributed by atoms with Crippen molar-refractivity contribution >= 4 is 6.09 Å². The first-order valence-electron chi connectivity index (χ1n) is 5.58. The maximum Gasteiger partial charge on any atom is 0.410 e. The standard InChI is InChI=1S/C11H21NO3/c1-8(2)7-15-11(14)12-5-9(3)4-10(12)6-13/h8-10,13H,4-7H2,1-3H3/t9-,10+/m1/s1. The third kappa shape index (κ3) is 3.38. The zero-order chi connectivity index (χ0) is 11.4. The van der Waals surface area contributed by atoms with Gasteiger partial charge in [0, 0.05) is 6.54 Å². The summed E-state index contributed by atoms with van der Waals surface area (Å²) in [5.74, 6) is 0.801. The van der Waals surface area contributed by atoms with Crippen molar-refractivity contribution in [1.29, 1.82) is 0 Å². The van der Waals surface area contributed by atoms with Crippen molar-refractivity contribution in [2.24, 2.45) is 11.8 Å². The highest BCUT2D eigenvalue weighted by atomic mass is 16.6. The highest BCUT2D eigenvalue weighted by Crippen LogP contribution is 2.23. The molecular formula is C11H21NO3. The van der Waals surface area contributed by atoms with Crippen molar-refractivity contribution in [1.82, 2.24) is 4.90 Å². The molecule has 1 aliphatic heterocycles. The zero-order valence-electron chi connectivity index (χ0n) is 9.77. The number of ether oxygens (including phenoxy) is 1. The van der Waals surface area contributed by atoms with E-state index in [1.807, 2.05) is 13.8 Å². The van der Waals surface area contributed by atoms with E-state index in [1.165, 1.54) is 0 Å². The number of hydrogen-bond acceptors (Lipinski definition) is 3. The first-order chi connectivity index (χ1) is 7.04. The van der Waals surface area contributed by atoms with Crippen molar-refractivity contribution in [3.05, 3.63) is 0 Å². The summed E-state index contributed by atoms with van der Waals surface area (Å²) < 4.78 is 5.14. The highest BCUT2D eigenvalue weighted by Gasteiger charge is 2.33. The molecule has 0 bridgehead atoms. The molecule has 0 spiro atoms. The van der Waals surface area contributed by atoms with Crippen LogP contribution in [0.4, 0.5) is 4.79 Å². The molecule has 0 aliphatic carbocycles. The number of nitrogens with zero attached hydrogens (tertiary/aromatic N) is 1. The van der Waals surface area contributed by atoms with E-state index in [0.717, 1.165) is 6.42 Å². The van der Waals surface area contributed by atoms with E-state index in [9.17, 15) is 4.79 Å². The van der Waals surface area contributed by atoms with Gasteiger partial charge in [-0.25, -0.2) is 4.79 Å². The van der Waals surface area contributed by atoms with Crippen LogP contribution in [0.3, 0.4) is 0 Å². The SMILES string of the molecule is CC(C)COC(=O)N1C[C@H](C)C[C@H]1CO. The minimum Gasteiger partial charge on any atom is -0.449 e. The molecule has 15 heavy (non-hydrogen) atoms. The largest absolute Gasteiger partial charge is 0.449 e. The van der Waals surface area contributed by atoms with Crippen LogP contribution in [0.2, 0.25) is 0 Å². The van der Waals surface area contributed by atoms with Crippen molar-refractivity contribution in [3.63, 3.8) is 0 Å². The maximum absolute atomic E-state index is 11.7. The minimum absolute atomic E-state index is 0.0289. The molecular weight excluding hydrogens is 194 g/mol. The lowest BCUT2D eigenvalue weighted by molar-refractivity contribution is 0.0761. The molecule has 1 fully saturated rings. The average molecular weight is 215 g/mol. The number of amides is 1. The van der Waals surface area contributed by atoms with E-state index in [0.29, 0.717) is 25.0 Å². The minimum atomic E-state index is -0.285. The molecule has 0 saturated carbocycles. The lowest BCUT2D eigenvalue weighted by atomic mass is 10.1. The molecule has 0 aromatic rings. The maximum atomic E-state index is 11.7. The zero-order valence-corrected chi connectivity index (χ0v) is 9.77. The van der Waals surface area contributed by atoms with Crippen molar-refractivity contribution in [3.8, 4) is 0 Å². The van der Waals surface area contributed by atoms with Gasteiger partial charge in [0.2, 0.25) is 0 Å². The van der Waals surface area contributed by atoms with Gasteiger partial charge < -0.3 is 14.7 Å². The molecule has 4 heteroatoms. The lowest BCUT2D eigenvalue weighted by Gasteiger charge is -2.22. The molecule has 2 atom stereocenters. The third-order valence-electron chi connectivity index (χ3n) is 2.61. The predicted molar refractivity (Wildman–Crippen MR) is 57.5 cm³/mol. The van der Waals surface area contributed by atoms with Crippen LogP contribution >= 0.6 is 0 Å². The second-order valence-corrected chi connectivity index (χ2v) is 4.80. The van der Waals surface area contributed by atoms with Crippen molar-refractivity contribution < 1.29 is 14.6 Å². The molecule has 0 aromatic heterocycles. The summed E-state index contributed by atoms with van der Waals surface area (Å²) in [6.45, 7) is 7.26. The summed E-state index contributed by atoms with van der Waals surface area (Å²) in [4.78, 5) is 13.3. The molecule has 1 N–H and O–H groups in total. The Morgan fingerprint density at radius 1 is 1.60 bits per heavy atom. The molecule has 88 valence electrons. The Morgan fingerprint density at radius 2 is 2.27 bits per heavy atom. The Bertz CT molecular complexity index is 218. The molecule has 1 aliphatic rings. The molecule has 1 amide bonds. The predicted octanol–water partition coefficient (Wildman–Crippen LogP) is 1.48. The van der Waals surface area contributed by atoms with Gasteiger partial charge in [0.25, 0.3) is 0 Å². The average Bonchev–Trinajstić information content (AvgIpc) is 2.56. The van der Waals surface area contributed by atoms with Gasteiger partial charge >= 0.3 is 6.09 Å². The Balaban J connectivity index is 2.44. The second kappa shape index (κ2) is 5.35. The quantitative estimate of drug-likeness (QED) is 0.775. The van der Waals surface area contributed by atoms with E-state index < -0.39 is 0 Å². The van der Waals surface area contributed by atoms with Crippen LogP contribution in [0.1, 0.15) is 27.2 Å². The van der Waals surface area contributed by atoms with E-state index in [-0.39, 0.29) is 18.7 Å². The van der Waals surface area contributed by atoms with E-state index in [1.54, 1.807) is 4.90 Å². The van der Waals surface area contributed by atoms with Crippen molar-refractivity contribution in [2.45, 2.75) is 33.2 Å². The van der Waals surface area contributed by atoms with Crippen LogP contribution in [-0.2, 0) is 4.74 Å². The summed E-state index contributed by atoms with van der Waals surface area (Å²) in [7, 11) is 0. The van der Waals surface area contributed by atoms with E-state index >= 15 is 0 Å². The number of aliphatic hydroxyl groups is 1. The second-order valence-electron chi connectivity index (χ2n) is 4.80. The molecule has 1 heterocycles. The first kappa shape index (κ1) is 12.3. The fourth-order valence-electron chi connectivity index (χ4n) is 1.87. The smallest absolute Gasteiger partial charge is 0.410 e. The number of aliphatic hydroxyl groups excluding tert-OH is 1. The fraction of sp³-hybridized carbons (Fsp3) is 0.909. The number of carbonyl (C=O) groups is 1. The summed E-state index contributed by atoms with van der Waals surface area (Å²) in [6, 6.07) is -0.0559. The Labute approximate surface area is 91.2 Å². The summed E-state index contributed by atoms with van der Waals surface area (Å²) in [5, 5.41) is 9.13. The molecule has 4 nitrogen and oxygen atoms in total. The van der Waals surface area contributed by atoms with Crippen LogP contribution in [0.15, 0.2) is 0 Å². The Hall–Kier alpha value is -0.770. The normalized spacial score (nSPS) is 26.1. The summed E-state index contributed by atoms with van der Waals surface area (Å²) >= 11 is 0. The van der Waals surface area contributed by atoms with Gasteiger partial charge in [0.1, 0.15) is 0 Å². The van der Waals surface area contributed by atoms with E-state index in [2.05, 4.69) is 6.92 Å². The number of likely N-dealkylation sites (tertiary alicyclic amines) is 1. The van der Waals surface area contributed by atoms with Gasteiger partial charge in [-0.2, -0.15) is 0 Å². The summed E-state index contributed by atoms with van der Waals surface area (Å²) in [6.07, 6.45) is 0.583. The van der Waals surface area contributed by atoms with Crippen LogP contribution in [0.25, 0.3) is 0 Å². The van der Waals surface area contributed by atoms with Gasteiger partial charge in [-0.1, -0.05) is 20.8 Å². The molecule has 0 aromatic carbocycles. The van der Waals surface area contributed by atoms with E-state index in [4.69, 9.17) is 9.84 Å². The molecule has 0 radical (unpaired) electrons. The lowest BCUT2D eigenvalue weighted by Crippen LogP contribution is -2.38.